The third-order valence-electron chi connectivity index (χ3n) is 5.22. The molecule has 100 valence electrons. The Labute approximate surface area is 107 Å². The SMILES string of the molecule is CCCC1CNCCC12CCN(C(C)C)CC2. The van der Waals surface area contributed by atoms with Crippen molar-refractivity contribution in [3.8, 4) is 0 Å². The van der Waals surface area contributed by atoms with Gasteiger partial charge < -0.3 is 10.2 Å². The van der Waals surface area contributed by atoms with E-state index in [4.69, 9.17) is 0 Å². The number of hydrogen-bond acceptors (Lipinski definition) is 2. The molecule has 0 radical (unpaired) electrons. The average molecular weight is 238 g/mol. The van der Waals surface area contributed by atoms with Gasteiger partial charge in [-0.1, -0.05) is 13.3 Å². The zero-order chi connectivity index (χ0) is 12.3. The summed E-state index contributed by atoms with van der Waals surface area (Å²) < 4.78 is 0. The van der Waals surface area contributed by atoms with Gasteiger partial charge in [0.2, 0.25) is 0 Å². The summed E-state index contributed by atoms with van der Waals surface area (Å²) >= 11 is 0. The van der Waals surface area contributed by atoms with Gasteiger partial charge in [0.1, 0.15) is 0 Å². The molecule has 1 unspecified atom stereocenters. The van der Waals surface area contributed by atoms with E-state index in [9.17, 15) is 0 Å². The first-order valence-electron chi connectivity index (χ1n) is 7.63. The summed E-state index contributed by atoms with van der Waals surface area (Å²) in [4.78, 5) is 2.66. The zero-order valence-corrected chi connectivity index (χ0v) is 12.0. The van der Waals surface area contributed by atoms with Crippen molar-refractivity contribution in [3.63, 3.8) is 0 Å². The first-order chi connectivity index (χ1) is 8.18. The van der Waals surface area contributed by atoms with Gasteiger partial charge in [-0.05, 0) is 77.0 Å². The van der Waals surface area contributed by atoms with E-state index < -0.39 is 0 Å². The Hall–Kier alpha value is -0.0800. The summed E-state index contributed by atoms with van der Waals surface area (Å²) in [6.07, 6.45) is 7.08. The lowest BCUT2D eigenvalue weighted by atomic mass is 9.63. The fourth-order valence-electron chi connectivity index (χ4n) is 3.93. The zero-order valence-electron chi connectivity index (χ0n) is 12.0. The van der Waals surface area contributed by atoms with Gasteiger partial charge in [-0.3, -0.25) is 0 Å². The first kappa shape index (κ1) is 13.4. The van der Waals surface area contributed by atoms with Crippen molar-refractivity contribution in [2.75, 3.05) is 26.2 Å². The Morgan fingerprint density at radius 3 is 2.53 bits per heavy atom. The molecule has 0 amide bonds. The van der Waals surface area contributed by atoms with E-state index in [-0.39, 0.29) is 0 Å². The standard InChI is InChI=1S/C15H30N2/c1-4-5-14-12-16-9-6-15(14)7-10-17(11-8-15)13(2)3/h13-14,16H,4-12H2,1-3H3. The van der Waals surface area contributed by atoms with Gasteiger partial charge >= 0.3 is 0 Å². The summed E-state index contributed by atoms with van der Waals surface area (Å²) in [5.74, 6) is 0.940. The van der Waals surface area contributed by atoms with Gasteiger partial charge in [-0.15, -0.1) is 0 Å². The molecule has 0 aromatic rings. The van der Waals surface area contributed by atoms with Crippen LogP contribution in [0.1, 0.15) is 52.9 Å². The molecule has 0 saturated carbocycles. The minimum Gasteiger partial charge on any atom is -0.316 e. The third-order valence-corrected chi connectivity index (χ3v) is 5.22. The second kappa shape index (κ2) is 5.71. The van der Waals surface area contributed by atoms with Crippen LogP contribution < -0.4 is 5.32 Å². The normalized spacial score (nSPS) is 30.0. The van der Waals surface area contributed by atoms with E-state index in [1.54, 1.807) is 0 Å². The number of nitrogens with zero attached hydrogens (tertiary/aromatic N) is 1. The van der Waals surface area contributed by atoms with Crippen molar-refractivity contribution in [1.29, 1.82) is 0 Å². The number of likely N-dealkylation sites (tertiary alicyclic amines) is 1. The van der Waals surface area contributed by atoms with E-state index in [0.717, 1.165) is 12.0 Å². The first-order valence-corrected chi connectivity index (χ1v) is 7.63. The summed E-state index contributed by atoms with van der Waals surface area (Å²) in [7, 11) is 0. The average Bonchev–Trinajstić information content (AvgIpc) is 2.33. The van der Waals surface area contributed by atoms with Crippen LogP contribution in [-0.4, -0.2) is 37.1 Å². The van der Waals surface area contributed by atoms with Crippen LogP contribution in [0.25, 0.3) is 0 Å². The van der Waals surface area contributed by atoms with Gasteiger partial charge in [-0.25, -0.2) is 0 Å². The molecule has 2 nitrogen and oxygen atoms in total. The highest BCUT2D eigenvalue weighted by molar-refractivity contribution is 4.95. The molecule has 2 heteroatoms. The van der Waals surface area contributed by atoms with E-state index in [0.29, 0.717) is 5.41 Å². The molecule has 0 aromatic carbocycles. The highest BCUT2D eigenvalue weighted by Crippen LogP contribution is 2.45. The van der Waals surface area contributed by atoms with Crippen LogP contribution in [-0.2, 0) is 0 Å². The molecule has 0 aromatic heterocycles. The van der Waals surface area contributed by atoms with Crippen LogP contribution in [0.3, 0.4) is 0 Å². The molecule has 0 aliphatic carbocycles. The van der Waals surface area contributed by atoms with E-state index >= 15 is 0 Å². The molecular formula is C15H30N2. The Morgan fingerprint density at radius 2 is 1.94 bits per heavy atom. The Bertz CT molecular complexity index is 227. The van der Waals surface area contributed by atoms with Gasteiger partial charge in [-0.2, -0.15) is 0 Å². The molecule has 2 saturated heterocycles. The maximum Gasteiger partial charge on any atom is 0.00385 e. The molecule has 2 rings (SSSR count). The van der Waals surface area contributed by atoms with Crippen molar-refractivity contribution >= 4 is 0 Å². The summed E-state index contributed by atoms with van der Waals surface area (Å²) in [6.45, 7) is 12.2. The minimum atomic E-state index is 0.687. The fraction of sp³-hybridized carbons (Fsp3) is 1.00. The predicted octanol–water partition coefficient (Wildman–Crippen LogP) is 2.89. The molecular weight excluding hydrogens is 208 g/mol. The van der Waals surface area contributed by atoms with E-state index in [1.165, 1.54) is 58.3 Å². The van der Waals surface area contributed by atoms with Gasteiger partial charge in [0.15, 0.2) is 0 Å². The maximum absolute atomic E-state index is 3.61. The lowest BCUT2D eigenvalue weighted by molar-refractivity contribution is 0.00853. The van der Waals surface area contributed by atoms with E-state index in [1.807, 2.05) is 0 Å². The summed E-state index contributed by atoms with van der Waals surface area (Å²) in [5, 5.41) is 3.61. The number of rotatable bonds is 3. The van der Waals surface area contributed by atoms with Crippen LogP contribution in [0, 0.1) is 11.3 Å². The topological polar surface area (TPSA) is 15.3 Å². The Morgan fingerprint density at radius 1 is 1.24 bits per heavy atom. The van der Waals surface area contributed by atoms with Crippen molar-refractivity contribution in [3.05, 3.63) is 0 Å². The fourth-order valence-corrected chi connectivity index (χ4v) is 3.93. The van der Waals surface area contributed by atoms with Crippen LogP contribution >= 0.6 is 0 Å². The highest BCUT2D eigenvalue weighted by Gasteiger charge is 2.42. The van der Waals surface area contributed by atoms with Gasteiger partial charge in [0, 0.05) is 6.04 Å². The number of piperidine rings is 2. The van der Waals surface area contributed by atoms with Crippen molar-refractivity contribution < 1.29 is 0 Å². The molecule has 17 heavy (non-hydrogen) atoms. The molecule has 2 heterocycles. The Kier molecular flexibility index (Phi) is 4.48. The summed E-state index contributed by atoms with van der Waals surface area (Å²) in [5.41, 5.74) is 0.687. The van der Waals surface area contributed by atoms with Crippen LogP contribution in [0.4, 0.5) is 0 Å². The molecule has 0 bridgehead atoms. The Balaban J connectivity index is 1.98. The lowest BCUT2D eigenvalue weighted by Crippen LogP contribution is -2.52. The van der Waals surface area contributed by atoms with Crippen LogP contribution in [0.15, 0.2) is 0 Å². The van der Waals surface area contributed by atoms with Gasteiger partial charge in [0.05, 0.1) is 0 Å². The molecule has 1 N–H and O–H groups in total. The monoisotopic (exact) mass is 238 g/mol. The molecule has 1 atom stereocenters. The molecule has 2 fully saturated rings. The predicted molar refractivity (Wildman–Crippen MR) is 74.3 cm³/mol. The highest BCUT2D eigenvalue weighted by atomic mass is 15.2. The number of nitrogens with one attached hydrogen (secondary N) is 1. The third kappa shape index (κ3) is 2.85. The molecule has 2 aliphatic heterocycles. The lowest BCUT2D eigenvalue weighted by Gasteiger charge is -2.50. The van der Waals surface area contributed by atoms with Crippen LogP contribution in [0.2, 0.25) is 0 Å². The smallest absolute Gasteiger partial charge is 0.00385 e. The molecule has 1 spiro atoms. The maximum atomic E-state index is 3.61. The minimum absolute atomic E-state index is 0.687. The van der Waals surface area contributed by atoms with Crippen molar-refractivity contribution in [1.82, 2.24) is 10.2 Å². The van der Waals surface area contributed by atoms with E-state index in [2.05, 4.69) is 31.0 Å². The van der Waals surface area contributed by atoms with Crippen molar-refractivity contribution in [2.24, 2.45) is 11.3 Å². The quantitative estimate of drug-likeness (QED) is 0.813. The second-order valence-corrected chi connectivity index (χ2v) is 6.43. The van der Waals surface area contributed by atoms with Crippen LogP contribution in [0.5, 0.6) is 0 Å². The van der Waals surface area contributed by atoms with Gasteiger partial charge in [0.25, 0.3) is 0 Å². The largest absolute Gasteiger partial charge is 0.316 e. The second-order valence-electron chi connectivity index (χ2n) is 6.43. The molecule has 2 aliphatic rings. The number of hydrogen-bond donors (Lipinski definition) is 1. The van der Waals surface area contributed by atoms with Crippen molar-refractivity contribution in [2.45, 2.75) is 58.9 Å². The summed E-state index contributed by atoms with van der Waals surface area (Å²) in [6, 6.07) is 0.735.